The molecule has 2 aromatic heterocycles. The van der Waals surface area contributed by atoms with Crippen molar-refractivity contribution in [1.82, 2.24) is 14.5 Å². The molecule has 2 aromatic carbocycles. The highest BCUT2D eigenvalue weighted by Gasteiger charge is 2.31. The van der Waals surface area contributed by atoms with E-state index in [1.165, 1.54) is 28.4 Å². The summed E-state index contributed by atoms with van der Waals surface area (Å²) in [7, 11) is 0. The molecule has 0 saturated carbocycles. The number of alkyl halides is 3. The normalized spacial score (nSPS) is 11.4. The molecule has 0 aliphatic rings. The number of carbonyl (C=O) groups is 1. The molecule has 168 valence electrons. The average Bonchev–Trinajstić information content (AvgIpc) is 3.41. The van der Waals surface area contributed by atoms with Crippen molar-refractivity contribution < 1.29 is 18.0 Å². The molecule has 0 N–H and O–H groups in total. The van der Waals surface area contributed by atoms with Crippen LogP contribution in [0.25, 0.3) is 10.2 Å². The summed E-state index contributed by atoms with van der Waals surface area (Å²) in [6.45, 7) is 0.864. The van der Waals surface area contributed by atoms with Crippen LogP contribution in [0, 0.1) is 0 Å². The third-order valence-electron chi connectivity index (χ3n) is 4.63. The Bertz CT molecular complexity index is 1210. The highest BCUT2D eigenvalue weighted by molar-refractivity contribution is 7.22. The monoisotopic (exact) mass is 500 g/mol. The van der Waals surface area contributed by atoms with Gasteiger partial charge in [-0.3, -0.25) is 9.69 Å². The molecule has 0 spiro atoms. The van der Waals surface area contributed by atoms with E-state index >= 15 is 0 Å². The fourth-order valence-electron chi connectivity index (χ4n) is 3.12. The number of fused-ring (bicyclic) bond motifs is 1. The number of amides is 1. The van der Waals surface area contributed by atoms with Crippen LogP contribution >= 0.6 is 35.3 Å². The summed E-state index contributed by atoms with van der Waals surface area (Å²) >= 11 is 7.49. The first-order valence-electron chi connectivity index (χ1n) is 9.33. The molecule has 0 aliphatic carbocycles. The zero-order valence-corrected chi connectivity index (χ0v) is 18.8. The Labute approximate surface area is 196 Å². The van der Waals surface area contributed by atoms with Gasteiger partial charge < -0.3 is 4.57 Å². The molecule has 11 heteroatoms. The van der Waals surface area contributed by atoms with Crippen LogP contribution in [0.2, 0.25) is 5.02 Å². The van der Waals surface area contributed by atoms with Gasteiger partial charge in [-0.1, -0.05) is 35.1 Å². The van der Waals surface area contributed by atoms with Crippen molar-refractivity contribution in [1.29, 1.82) is 0 Å². The molecule has 0 fully saturated rings. The minimum absolute atomic E-state index is 0. The Morgan fingerprint density at radius 1 is 1.19 bits per heavy atom. The van der Waals surface area contributed by atoms with Crippen LogP contribution < -0.4 is 4.90 Å². The van der Waals surface area contributed by atoms with E-state index < -0.39 is 17.6 Å². The number of rotatable bonds is 6. The van der Waals surface area contributed by atoms with Gasteiger partial charge in [-0.15, -0.1) is 12.4 Å². The van der Waals surface area contributed by atoms with Gasteiger partial charge in [0.15, 0.2) is 5.13 Å². The number of imidazole rings is 1. The minimum atomic E-state index is -4.54. The summed E-state index contributed by atoms with van der Waals surface area (Å²) in [5.41, 5.74) is -0.368. The first kappa shape index (κ1) is 24.0. The zero-order valence-electron chi connectivity index (χ0n) is 16.4. The smallest absolute Gasteiger partial charge is 0.337 e. The number of para-hydroxylation sites is 1. The van der Waals surface area contributed by atoms with E-state index in [-0.39, 0.29) is 24.5 Å². The van der Waals surface area contributed by atoms with Crippen LogP contribution in [0.15, 0.2) is 61.2 Å². The Hall–Kier alpha value is -2.62. The van der Waals surface area contributed by atoms with E-state index in [4.69, 9.17) is 11.6 Å². The van der Waals surface area contributed by atoms with E-state index in [1.807, 2.05) is 10.6 Å². The van der Waals surface area contributed by atoms with Crippen LogP contribution in [0.3, 0.4) is 0 Å². The number of hydrogen-bond donors (Lipinski definition) is 0. The molecule has 1 amide bonds. The lowest BCUT2D eigenvalue weighted by Crippen LogP contribution is -2.32. The van der Waals surface area contributed by atoms with Gasteiger partial charge in [0.05, 0.1) is 21.6 Å². The molecule has 32 heavy (non-hydrogen) atoms. The standard InChI is InChI=1S/C21H16ClF3N4OS.ClH/c22-16-6-2-7-17-18(16)27-20(31-17)29(10-3-9-28-11-8-26-13-28)19(30)14-4-1-5-15(12-14)21(23,24)25;/h1-2,4-8,11-13H,3,9-10H2;1H. The van der Waals surface area contributed by atoms with Gasteiger partial charge in [0.2, 0.25) is 0 Å². The van der Waals surface area contributed by atoms with Gasteiger partial charge in [0.1, 0.15) is 5.52 Å². The Balaban J connectivity index is 0.00000289. The molecular weight excluding hydrogens is 484 g/mol. The summed E-state index contributed by atoms with van der Waals surface area (Å²) < 4.78 is 42.1. The second-order valence-electron chi connectivity index (χ2n) is 6.77. The Morgan fingerprint density at radius 2 is 1.97 bits per heavy atom. The third-order valence-corrected chi connectivity index (χ3v) is 5.98. The average molecular weight is 501 g/mol. The number of halogens is 5. The largest absolute Gasteiger partial charge is 0.416 e. The lowest BCUT2D eigenvalue weighted by Gasteiger charge is -2.20. The molecule has 0 atom stereocenters. The number of anilines is 1. The van der Waals surface area contributed by atoms with Crippen molar-refractivity contribution in [3.05, 3.63) is 77.3 Å². The third kappa shape index (κ3) is 5.23. The van der Waals surface area contributed by atoms with Gasteiger partial charge in [0, 0.05) is 31.0 Å². The molecule has 2 heterocycles. The van der Waals surface area contributed by atoms with Crippen molar-refractivity contribution in [2.45, 2.75) is 19.1 Å². The fourth-order valence-corrected chi connectivity index (χ4v) is 4.41. The summed E-state index contributed by atoms with van der Waals surface area (Å²) in [5, 5.41) is 0.834. The molecule has 0 bridgehead atoms. The number of benzene rings is 2. The van der Waals surface area contributed by atoms with Gasteiger partial charge in [-0.25, -0.2) is 9.97 Å². The van der Waals surface area contributed by atoms with Crippen LogP contribution in [0.1, 0.15) is 22.3 Å². The highest BCUT2D eigenvalue weighted by atomic mass is 35.5. The summed E-state index contributed by atoms with van der Waals surface area (Å²) in [6.07, 6.45) is 1.14. The number of aromatic nitrogens is 3. The van der Waals surface area contributed by atoms with Gasteiger partial charge >= 0.3 is 6.18 Å². The molecule has 0 aliphatic heterocycles. The number of thiazole rings is 1. The van der Waals surface area contributed by atoms with Crippen molar-refractivity contribution in [3.8, 4) is 0 Å². The van der Waals surface area contributed by atoms with E-state index in [2.05, 4.69) is 9.97 Å². The maximum absolute atomic E-state index is 13.3. The molecule has 0 saturated heterocycles. The van der Waals surface area contributed by atoms with Crippen LogP contribution in [0.4, 0.5) is 18.3 Å². The van der Waals surface area contributed by atoms with Crippen molar-refractivity contribution in [2.75, 3.05) is 11.4 Å². The first-order chi connectivity index (χ1) is 14.8. The zero-order chi connectivity index (χ0) is 22.0. The van der Waals surface area contributed by atoms with Crippen molar-refractivity contribution >= 4 is 56.6 Å². The molecule has 4 rings (SSSR count). The summed E-state index contributed by atoms with van der Waals surface area (Å²) in [4.78, 5) is 23.1. The molecule has 0 radical (unpaired) electrons. The van der Waals surface area contributed by atoms with E-state index in [9.17, 15) is 18.0 Å². The maximum Gasteiger partial charge on any atom is 0.416 e. The van der Waals surface area contributed by atoms with Crippen LogP contribution in [-0.2, 0) is 12.7 Å². The SMILES string of the molecule is Cl.O=C(c1cccc(C(F)(F)F)c1)N(CCCn1ccnc1)c1nc2c(Cl)cccc2s1. The van der Waals surface area contributed by atoms with Gasteiger partial charge in [-0.2, -0.15) is 13.2 Å². The predicted molar refractivity (Wildman–Crippen MR) is 122 cm³/mol. The lowest BCUT2D eigenvalue weighted by molar-refractivity contribution is -0.137. The molecule has 0 unspecified atom stereocenters. The lowest BCUT2D eigenvalue weighted by atomic mass is 10.1. The topological polar surface area (TPSA) is 51.0 Å². The first-order valence-corrected chi connectivity index (χ1v) is 10.5. The predicted octanol–water partition coefficient (Wildman–Crippen LogP) is 6.32. The Morgan fingerprint density at radius 3 is 2.66 bits per heavy atom. The molecule has 5 nitrogen and oxygen atoms in total. The van der Waals surface area contributed by atoms with E-state index in [0.717, 1.165) is 16.8 Å². The van der Waals surface area contributed by atoms with Gasteiger partial charge in [-0.05, 0) is 36.8 Å². The van der Waals surface area contributed by atoms with Crippen molar-refractivity contribution in [3.63, 3.8) is 0 Å². The van der Waals surface area contributed by atoms with E-state index in [1.54, 1.807) is 30.9 Å². The van der Waals surface area contributed by atoms with Crippen molar-refractivity contribution in [2.24, 2.45) is 0 Å². The minimum Gasteiger partial charge on any atom is -0.337 e. The number of nitrogens with zero attached hydrogens (tertiary/aromatic N) is 4. The van der Waals surface area contributed by atoms with Crippen LogP contribution in [-0.4, -0.2) is 27.0 Å². The maximum atomic E-state index is 13.3. The summed E-state index contributed by atoms with van der Waals surface area (Å²) in [5.74, 6) is -0.549. The van der Waals surface area contributed by atoms with Crippen LogP contribution in [0.5, 0.6) is 0 Å². The number of aryl methyl sites for hydroxylation is 1. The highest BCUT2D eigenvalue weighted by Crippen LogP contribution is 2.34. The second-order valence-corrected chi connectivity index (χ2v) is 8.19. The molecular formula is C21H17Cl2F3N4OS. The molecule has 4 aromatic rings. The Kier molecular flexibility index (Phi) is 7.43. The number of hydrogen-bond acceptors (Lipinski definition) is 4. The second kappa shape index (κ2) is 9.89. The fraction of sp³-hybridized carbons (Fsp3) is 0.190. The van der Waals surface area contributed by atoms with Gasteiger partial charge in [0.25, 0.3) is 5.91 Å². The van der Waals surface area contributed by atoms with E-state index in [0.29, 0.717) is 28.6 Å². The number of carbonyl (C=O) groups excluding carboxylic acids is 1. The summed E-state index contributed by atoms with van der Waals surface area (Å²) in [6, 6.07) is 9.73. The quantitative estimate of drug-likeness (QED) is 0.311.